The van der Waals surface area contributed by atoms with Crippen LogP contribution in [-0.4, -0.2) is 37.8 Å². The van der Waals surface area contributed by atoms with Crippen molar-refractivity contribution in [2.45, 2.75) is 12.8 Å². The van der Waals surface area contributed by atoms with Crippen molar-refractivity contribution in [3.8, 4) is 5.88 Å². The number of piperazine rings is 1. The van der Waals surface area contributed by atoms with Crippen molar-refractivity contribution < 1.29 is 4.74 Å². The molecule has 0 spiro atoms. The molecule has 3 rings (SSSR count). The molecule has 5 nitrogen and oxygen atoms in total. The number of nitrogens with two attached hydrogens (primary N) is 1. The molecule has 18 heavy (non-hydrogen) atoms. The molecule has 0 atom stereocenters. The highest BCUT2D eigenvalue weighted by Crippen LogP contribution is 2.31. The fourth-order valence-corrected chi connectivity index (χ4v) is 2.11. The van der Waals surface area contributed by atoms with Gasteiger partial charge in [-0.1, -0.05) is 0 Å². The molecule has 1 aromatic heterocycles. The van der Waals surface area contributed by atoms with Crippen LogP contribution in [0.1, 0.15) is 12.8 Å². The molecule has 0 amide bonds. The first kappa shape index (κ1) is 11.6. The molecule has 0 aromatic carbocycles. The Labute approximate surface area is 107 Å². The Kier molecular flexibility index (Phi) is 3.23. The summed E-state index contributed by atoms with van der Waals surface area (Å²) < 4.78 is 5.71. The minimum Gasteiger partial charge on any atom is -0.476 e. The number of nitrogens with one attached hydrogen (secondary N) is 1. The molecule has 1 saturated heterocycles. The van der Waals surface area contributed by atoms with Gasteiger partial charge in [0.15, 0.2) is 0 Å². The second-order valence-electron chi connectivity index (χ2n) is 5.06. The van der Waals surface area contributed by atoms with Gasteiger partial charge in [0.2, 0.25) is 5.88 Å². The highest BCUT2D eigenvalue weighted by atomic mass is 16.5. The predicted octanol–water partition coefficient (Wildman–Crippen LogP) is 0.862. The van der Waals surface area contributed by atoms with Gasteiger partial charge in [-0.2, -0.15) is 4.98 Å². The van der Waals surface area contributed by atoms with Crippen LogP contribution < -0.4 is 20.7 Å². The van der Waals surface area contributed by atoms with E-state index in [-0.39, 0.29) is 0 Å². The van der Waals surface area contributed by atoms with E-state index in [0.29, 0.717) is 17.5 Å². The second kappa shape index (κ2) is 5.02. The van der Waals surface area contributed by atoms with Crippen LogP contribution in [0.2, 0.25) is 0 Å². The van der Waals surface area contributed by atoms with Crippen molar-refractivity contribution >= 4 is 11.5 Å². The molecule has 1 aromatic rings. The van der Waals surface area contributed by atoms with Crippen LogP contribution in [0.25, 0.3) is 0 Å². The summed E-state index contributed by atoms with van der Waals surface area (Å²) in [6.45, 7) is 4.73. The van der Waals surface area contributed by atoms with E-state index in [0.717, 1.165) is 38.6 Å². The maximum atomic E-state index is 5.91. The van der Waals surface area contributed by atoms with Gasteiger partial charge in [-0.3, -0.25) is 0 Å². The van der Waals surface area contributed by atoms with Gasteiger partial charge in [0.25, 0.3) is 0 Å². The molecule has 1 aliphatic heterocycles. The number of anilines is 2. The maximum absolute atomic E-state index is 5.91. The van der Waals surface area contributed by atoms with E-state index in [2.05, 4.69) is 15.2 Å². The number of hydrogen-bond acceptors (Lipinski definition) is 5. The number of aromatic nitrogens is 1. The van der Waals surface area contributed by atoms with E-state index in [1.165, 1.54) is 12.8 Å². The molecule has 2 fully saturated rings. The number of ether oxygens (including phenoxy) is 1. The fourth-order valence-electron chi connectivity index (χ4n) is 2.11. The van der Waals surface area contributed by atoms with Crippen molar-refractivity contribution in [3.63, 3.8) is 0 Å². The van der Waals surface area contributed by atoms with Crippen LogP contribution >= 0.6 is 0 Å². The Morgan fingerprint density at radius 2 is 2.11 bits per heavy atom. The van der Waals surface area contributed by atoms with Crippen LogP contribution in [-0.2, 0) is 0 Å². The third-order valence-electron chi connectivity index (χ3n) is 3.47. The van der Waals surface area contributed by atoms with Crippen LogP contribution in [0.5, 0.6) is 5.88 Å². The molecule has 1 saturated carbocycles. The molecule has 2 heterocycles. The van der Waals surface area contributed by atoms with Crippen LogP contribution in [0.4, 0.5) is 11.5 Å². The zero-order valence-corrected chi connectivity index (χ0v) is 10.6. The van der Waals surface area contributed by atoms with Gasteiger partial charge in [0, 0.05) is 26.2 Å². The first-order chi connectivity index (χ1) is 8.83. The van der Waals surface area contributed by atoms with Crippen molar-refractivity contribution in [3.05, 3.63) is 12.1 Å². The Morgan fingerprint density at radius 1 is 1.33 bits per heavy atom. The SMILES string of the molecule is Nc1ccc(N2CCNCC2)nc1OCC1CC1. The molecule has 1 aliphatic carbocycles. The summed E-state index contributed by atoms with van der Waals surface area (Å²) in [6, 6.07) is 3.87. The van der Waals surface area contributed by atoms with Gasteiger partial charge in [-0.15, -0.1) is 0 Å². The molecular weight excluding hydrogens is 228 g/mol. The van der Waals surface area contributed by atoms with Crippen LogP contribution in [0.3, 0.4) is 0 Å². The third-order valence-corrected chi connectivity index (χ3v) is 3.47. The average Bonchev–Trinajstić information content (AvgIpc) is 3.23. The smallest absolute Gasteiger partial charge is 0.239 e. The second-order valence-corrected chi connectivity index (χ2v) is 5.06. The predicted molar refractivity (Wildman–Crippen MR) is 72.0 cm³/mol. The lowest BCUT2D eigenvalue weighted by Gasteiger charge is -2.28. The lowest BCUT2D eigenvalue weighted by atomic mass is 10.3. The lowest BCUT2D eigenvalue weighted by molar-refractivity contribution is 0.290. The Balaban J connectivity index is 1.71. The number of nitrogens with zero attached hydrogens (tertiary/aromatic N) is 2. The molecule has 0 unspecified atom stereocenters. The Bertz CT molecular complexity index is 413. The van der Waals surface area contributed by atoms with E-state index in [4.69, 9.17) is 10.5 Å². The zero-order chi connectivity index (χ0) is 12.4. The maximum Gasteiger partial charge on any atom is 0.239 e. The van der Waals surface area contributed by atoms with Gasteiger partial charge in [0.05, 0.1) is 12.3 Å². The monoisotopic (exact) mass is 248 g/mol. The summed E-state index contributed by atoms with van der Waals surface area (Å²) in [5.41, 5.74) is 6.54. The Hall–Kier alpha value is -1.49. The summed E-state index contributed by atoms with van der Waals surface area (Å²) in [4.78, 5) is 6.81. The lowest BCUT2D eigenvalue weighted by Crippen LogP contribution is -2.43. The molecule has 5 heteroatoms. The van der Waals surface area contributed by atoms with Crippen molar-refractivity contribution in [2.75, 3.05) is 43.4 Å². The largest absolute Gasteiger partial charge is 0.476 e. The van der Waals surface area contributed by atoms with E-state index in [1.807, 2.05) is 12.1 Å². The van der Waals surface area contributed by atoms with Crippen molar-refractivity contribution in [1.29, 1.82) is 0 Å². The normalized spacial score (nSPS) is 19.9. The quantitative estimate of drug-likeness (QED) is 0.827. The number of hydrogen-bond donors (Lipinski definition) is 2. The topological polar surface area (TPSA) is 63.4 Å². The summed E-state index contributed by atoms with van der Waals surface area (Å²) in [6.07, 6.45) is 2.55. The summed E-state index contributed by atoms with van der Waals surface area (Å²) in [7, 11) is 0. The highest BCUT2D eigenvalue weighted by Gasteiger charge is 2.23. The first-order valence-electron chi connectivity index (χ1n) is 6.68. The van der Waals surface area contributed by atoms with E-state index >= 15 is 0 Å². The first-order valence-corrected chi connectivity index (χ1v) is 6.68. The van der Waals surface area contributed by atoms with E-state index in [9.17, 15) is 0 Å². The van der Waals surface area contributed by atoms with E-state index in [1.54, 1.807) is 0 Å². The molecule has 0 bridgehead atoms. The number of rotatable bonds is 4. The minimum absolute atomic E-state index is 0.595. The molecule has 98 valence electrons. The summed E-state index contributed by atoms with van der Waals surface area (Å²) >= 11 is 0. The molecule has 3 N–H and O–H groups in total. The molecule has 2 aliphatic rings. The van der Waals surface area contributed by atoms with Crippen molar-refractivity contribution in [2.24, 2.45) is 5.92 Å². The Morgan fingerprint density at radius 3 is 2.83 bits per heavy atom. The van der Waals surface area contributed by atoms with E-state index < -0.39 is 0 Å². The van der Waals surface area contributed by atoms with Crippen LogP contribution in [0.15, 0.2) is 12.1 Å². The highest BCUT2D eigenvalue weighted by molar-refractivity contribution is 5.54. The number of pyridine rings is 1. The third kappa shape index (κ3) is 2.67. The minimum atomic E-state index is 0.595. The fraction of sp³-hybridized carbons (Fsp3) is 0.615. The standard InChI is InChI=1S/C13H20N4O/c14-11-3-4-12(17-7-5-15-6-8-17)16-13(11)18-9-10-1-2-10/h3-4,10,15H,1-2,5-9,14H2. The molecule has 0 radical (unpaired) electrons. The summed E-state index contributed by atoms with van der Waals surface area (Å²) in [5.74, 6) is 2.28. The van der Waals surface area contributed by atoms with Crippen LogP contribution in [0, 0.1) is 5.92 Å². The van der Waals surface area contributed by atoms with Gasteiger partial charge < -0.3 is 20.7 Å². The molecular formula is C13H20N4O. The number of nitrogen functional groups attached to an aromatic ring is 1. The van der Waals surface area contributed by atoms with Gasteiger partial charge >= 0.3 is 0 Å². The van der Waals surface area contributed by atoms with Gasteiger partial charge in [0.1, 0.15) is 5.82 Å². The zero-order valence-electron chi connectivity index (χ0n) is 10.6. The van der Waals surface area contributed by atoms with Gasteiger partial charge in [-0.05, 0) is 30.9 Å². The summed E-state index contributed by atoms with van der Waals surface area (Å²) in [5, 5.41) is 3.33. The van der Waals surface area contributed by atoms with Crippen molar-refractivity contribution in [1.82, 2.24) is 10.3 Å². The van der Waals surface area contributed by atoms with Gasteiger partial charge in [-0.25, -0.2) is 0 Å². The average molecular weight is 248 g/mol.